The maximum Gasteiger partial charge on any atom is 0.277 e. The first-order valence-corrected chi connectivity index (χ1v) is 9.68. The molecule has 0 aliphatic carbocycles. The van der Waals surface area contributed by atoms with Gasteiger partial charge in [-0.25, -0.2) is 0 Å². The number of hydrogen-bond acceptors (Lipinski definition) is 4. The van der Waals surface area contributed by atoms with E-state index in [1.54, 1.807) is 14.2 Å². The Bertz CT molecular complexity index is 771. The first-order chi connectivity index (χ1) is 13.6. The molecule has 2 aromatic carbocycles. The summed E-state index contributed by atoms with van der Waals surface area (Å²) in [6, 6.07) is 16.0. The van der Waals surface area contributed by atoms with Gasteiger partial charge in [-0.15, -0.1) is 0 Å². The van der Waals surface area contributed by atoms with Gasteiger partial charge in [0.05, 0.1) is 40.4 Å². The molecule has 1 N–H and O–H groups in total. The van der Waals surface area contributed by atoms with Gasteiger partial charge in [0.2, 0.25) is 0 Å². The van der Waals surface area contributed by atoms with Gasteiger partial charge in [-0.3, -0.25) is 4.79 Å². The first kappa shape index (κ1) is 20.0. The quantitative estimate of drug-likeness (QED) is 0.776. The molecule has 0 spiro atoms. The Labute approximate surface area is 167 Å². The lowest BCUT2D eigenvalue weighted by molar-refractivity contribution is -0.892. The summed E-state index contributed by atoms with van der Waals surface area (Å²) in [6.45, 7) is 4.96. The van der Waals surface area contributed by atoms with Crippen LogP contribution in [0.1, 0.15) is 5.56 Å². The minimum atomic E-state index is 0.181. The van der Waals surface area contributed by atoms with Gasteiger partial charge >= 0.3 is 0 Å². The average molecular weight is 385 g/mol. The second kappa shape index (κ2) is 9.46. The van der Waals surface area contributed by atoms with Crippen LogP contribution in [0, 0.1) is 0 Å². The number of quaternary nitrogens is 1. The number of methoxy groups -OCH3 is 2. The number of nitrogens with one attached hydrogen (secondary N) is 1. The molecule has 1 aliphatic heterocycles. The van der Waals surface area contributed by atoms with Gasteiger partial charge in [0.1, 0.15) is 11.5 Å². The van der Waals surface area contributed by atoms with Crippen LogP contribution in [0.2, 0.25) is 0 Å². The molecular formula is C22H30N3O3+. The number of benzene rings is 2. The van der Waals surface area contributed by atoms with E-state index in [4.69, 9.17) is 9.47 Å². The lowest BCUT2D eigenvalue weighted by Gasteiger charge is -2.34. The van der Waals surface area contributed by atoms with Crippen molar-refractivity contribution in [3.63, 3.8) is 0 Å². The van der Waals surface area contributed by atoms with Crippen molar-refractivity contribution in [3.8, 4) is 11.5 Å². The van der Waals surface area contributed by atoms with Crippen LogP contribution in [0.3, 0.4) is 0 Å². The molecule has 0 bridgehead atoms. The Morgan fingerprint density at radius 3 is 2.36 bits per heavy atom. The number of carbonyl (C=O) groups is 1. The SMILES string of the molecule is COc1ccc(CN(C)C(=O)C[NH+]2CCN(c3cccc(OC)c3)CC2)cc1. The molecule has 0 atom stereocenters. The molecule has 1 aliphatic rings. The third-order valence-electron chi connectivity index (χ3n) is 5.29. The highest BCUT2D eigenvalue weighted by Gasteiger charge is 2.24. The Kier molecular flexibility index (Phi) is 6.76. The Hall–Kier alpha value is -2.73. The number of carbonyl (C=O) groups excluding carboxylic acids is 1. The molecule has 150 valence electrons. The van der Waals surface area contributed by atoms with Crippen molar-refractivity contribution in [2.45, 2.75) is 6.54 Å². The smallest absolute Gasteiger partial charge is 0.277 e. The van der Waals surface area contributed by atoms with Crippen molar-refractivity contribution in [3.05, 3.63) is 54.1 Å². The van der Waals surface area contributed by atoms with E-state index in [1.807, 2.05) is 48.3 Å². The fraction of sp³-hybridized carbons (Fsp3) is 0.409. The van der Waals surface area contributed by atoms with Crippen molar-refractivity contribution in [1.29, 1.82) is 0 Å². The number of piperazine rings is 1. The largest absolute Gasteiger partial charge is 0.497 e. The molecule has 1 fully saturated rings. The van der Waals surface area contributed by atoms with Crippen LogP contribution in [0.15, 0.2) is 48.5 Å². The third-order valence-corrected chi connectivity index (χ3v) is 5.29. The molecule has 1 heterocycles. The molecule has 28 heavy (non-hydrogen) atoms. The van der Waals surface area contributed by atoms with Gasteiger partial charge < -0.3 is 24.2 Å². The molecule has 6 heteroatoms. The van der Waals surface area contributed by atoms with Gasteiger partial charge in [0, 0.05) is 25.3 Å². The molecule has 0 radical (unpaired) electrons. The number of hydrogen-bond donors (Lipinski definition) is 1. The minimum Gasteiger partial charge on any atom is -0.497 e. The van der Waals surface area contributed by atoms with Crippen LogP contribution in [-0.2, 0) is 11.3 Å². The van der Waals surface area contributed by atoms with Crippen LogP contribution in [0.4, 0.5) is 5.69 Å². The predicted molar refractivity (Wildman–Crippen MR) is 110 cm³/mol. The van der Waals surface area contributed by atoms with Crippen LogP contribution in [0.25, 0.3) is 0 Å². The fourth-order valence-electron chi connectivity index (χ4n) is 3.51. The summed E-state index contributed by atoms with van der Waals surface area (Å²) in [4.78, 5) is 18.1. The normalized spacial score (nSPS) is 14.6. The van der Waals surface area contributed by atoms with Gasteiger partial charge in [0.25, 0.3) is 5.91 Å². The van der Waals surface area contributed by atoms with E-state index in [2.05, 4.69) is 17.0 Å². The molecule has 0 aromatic heterocycles. The molecule has 0 saturated carbocycles. The van der Waals surface area contributed by atoms with E-state index < -0.39 is 0 Å². The Balaban J connectivity index is 1.47. The van der Waals surface area contributed by atoms with E-state index >= 15 is 0 Å². The average Bonchev–Trinajstić information content (AvgIpc) is 2.74. The zero-order valence-corrected chi connectivity index (χ0v) is 17.0. The highest BCUT2D eigenvalue weighted by molar-refractivity contribution is 5.76. The van der Waals surface area contributed by atoms with Crippen molar-refractivity contribution in [1.82, 2.24) is 4.90 Å². The maximum absolute atomic E-state index is 12.6. The summed E-state index contributed by atoms with van der Waals surface area (Å²) in [5.41, 5.74) is 2.29. The topological polar surface area (TPSA) is 46.5 Å². The number of amides is 1. The summed E-state index contributed by atoms with van der Waals surface area (Å²) >= 11 is 0. The monoisotopic (exact) mass is 384 g/mol. The highest BCUT2D eigenvalue weighted by atomic mass is 16.5. The van der Waals surface area contributed by atoms with Crippen molar-refractivity contribution in [2.75, 3.05) is 58.9 Å². The molecule has 0 unspecified atom stereocenters. The molecular weight excluding hydrogens is 354 g/mol. The number of anilines is 1. The lowest BCUT2D eigenvalue weighted by Crippen LogP contribution is -3.15. The van der Waals surface area contributed by atoms with Crippen molar-refractivity contribution < 1.29 is 19.2 Å². The van der Waals surface area contributed by atoms with E-state index in [0.717, 1.165) is 43.2 Å². The summed E-state index contributed by atoms with van der Waals surface area (Å²) in [5, 5.41) is 0. The Morgan fingerprint density at radius 1 is 1.04 bits per heavy atom. The molecule has 6 nitrogen and oxygen atoms in total. The van der Waals surface area contributed by atoms with Crippen LogP contribution >= 0.6 is 0 Å². The molecule has 3 rings (SSSR count). The minimum absolute atomic E-state index is 0.181. The first-order valence-electron chi connectivity index (χ1n) is 9.68. The summed E-state index contributed by atoms with van der Waals surface area (Å²) < 4.78 is 10.5. The standard InChI is InChI=1S/C22H29N3O3/c1-23(16-18-7-9-20(27-2)10-8-18)22(26)17-24-11-13-25(14-12-24)19-5-4-6-21(15-19)28-3/h4-10,15H,11-14,16-17H2,1-3H3/p+1. The molecule has 1 amide bonds. The van der Waals surface area contributed by atoms with E-state index in [0.29, 0.717) is 13.1 Å². The maximum atomic E-state index is 12.6. The lowest BCUT2D eigenvalue weighted by atomic mass is 10.2. The molecule has 1 saturated heterocycles. The number of likely N-dealkylation sites (N-methyl/N-ethyl adjacent to an activating group) is 1. The van der Waals surface area contributed by atoms with Gasteiger partial charge in [-0.05, 0) is 29.8 Å². The summed E-state index contributed by atoms with van der Waals surface area (Å²) in [6.07, 6.45) is 0. The third kappa shape index (κ3) is 5.16. The van der Waals surface area contributed by atoms with E-state index in [-0.39, 0.29) is 5.91 Å². The Morgan fingerprint density at radius 2 is 1.71 bits per heavy atom. The van der Waals surface area contributed by atoms with E-state index in [1.165, 1.54) is 10.6 Å². The number of nitrogens with zero attached hydrogens (tertiary/aromatic N) is 2. The van der Waals surface area contributed by atoms with Crippen LogP contribution in [0.5, 0.6) is 11.5 Å². The van der Waals surface area contributed by atoms with Crippen LogP contribution in [-0.4, -0.2) is 64.8 Å². The van der Waals surface area contributed by atoms with Gasteiger partial charge in [-0.1, -0.05) is 18.2 Å². The zero-order chi connectivity index (χ0) is 19.9. The second-order valence-electron chi connectivity index (χ2n) is 7.21. The summed E-state index contributed by atoms with van der Waals surface area (Å²) in [5.74, 6) is 1.89. The van der Waals surface area contributed by atoms with Crippen molar-refractivity contribution in [2.24, 2.45) is 0 Å². The second-order valence-corrected chi connectivity index (χ2v) is 7.21. The van der Waals surface area contributed by atoms with Crippen molar-refractivity contribution >= 4 is 11.6 Å². The highest BCUT2D eigenvalue weighted by Crippen LogP contribution is 2.20. The van der Waals surface area contributed by atoms with E-state index in [9.17, 15) is 4.79 Å². The van der Waals surface area contributed by atoms with Crippen LogP contribution < -0.4 is 19.3 Å². The fourth-order valence-corrected chi connectivity index (χ4v) is 3.51. The van der Waals surface area contributed by atoms with Gasteiger partial charge in [-0.2, -0.15) is 0 Å². The zero-order valence-electron chi connectivity index (χ0n) is 17.0. The number of ether oxygens (including phenoxy) is 2. The number of rotatable bonds is 7. The van der Waals surface area contributed by atoms with Gasteiger partial charge in [0.15, 0.2) is 6.54 Å². The summed E-state index contributed by atoms with van der Waals surface area (Å²) in [7, 11) is 5.22. The molecule has 2 aromatic rings. The predicted octanol–water partition coefficient (Wildman–Crippen LogP) is 1.07.